The molecule has 1 aliphatic rings. The molecule has 6 heteroatoms. The third kappa shape index (κ3) is 6.91. The van der Waals surface area contributed by atoms with E-state index in [0.717, 1.165) is 140 Å². The average molecular weight is 1010 g/mol. The Bertz CT molecular complexity index is 5150. The summed E-state index contributed by atoms with van der Waals surface area (Å²) in [6, 6.07) is 83.8. The van der Waals surface area contributed by atoms with Crippen molar-refractivity contribution in [3.8, 4) is 67.2 Å². The van der Waals surface area contributed by atoms with Crippen molar-refractivity contribution in [1.29, 1.82) is 0 Å². The molecule has 1 aliphatic carbocycles. The van der Waals surface area contributed by atoms with Gasteiger partial charge in [0.05, 0.1) is 0 Å². The highest BCUT2D eigenvalue weighted by molar-refractivity contribution is 6.12. The summed E-state index contributed by atoms with van der Waals surface area (Å²) in [7, 11) is 0. The van der Waals surface area contributed by atoms with Gasteiger partial charge in [-0.05, 0) is 111 Å². The van der Waals surface area contributed by atoms with Crippen LogP contribution in [0, 0.1) is 0 Å². The van der Waals surface area contributed by atoms with E-state index in [1.54, 1.807) is 0 Å². The number of benzene rings is 11. The van der Waals surface area contributed by atoms with Crippen molar-refractivity contribution in [2.24, 2.45) is 0 Å². The van der Waals surface area contributed by atoms with Crippen molar-refractivity contribution in [1.82, 2.24) is 9.97 Å². The molecule has 0 N–H and O–H groups in total. The van der Waals surface area contributed by atoms with Gasteiger partial charge in [-0.15, -0.1) is 0 Å². The Kier molecular flexibility index (Phi) is 9.50. The summed E-state index contributed by atoms with van der Waals surface area (Å²) in [6.45, 7) is 0. The quantitative estimate of drug-likeness (QED) is 0.165. The topological polar surface area (TPSA) is 78.3 Å². The first-order chi connectivity index (χ1) is 39.1. The van der Waals surface area contributed by atoms with E-state index in [4.69, 9.17) is 27.6 Å². The van der Waals surface area contributed by atoms with Crippen molar-refractivity contribution in [3.63, 3.8) is 0 Å². The largest absolute Gasteiger partial charge is 0.456 e. The SMILES string of the molecule is c1ccc2c(c1)CCC(c1ccc3oc4c(-c5ccc(-c6cccc7c6oc6ccccc67)cc5)nc(-c5ccc(-c6cccc7c6oc6ccccc67)cc5)nc4c3c1)c1ccc(-c3ccc4oc5ccccc5c4c3)cc1-2. The van der Waals surface area contributed by atoms with Gasteiger partial charge in [0.2, 0.25) is 0 Å². The molecule has 0 aliphatic heterocycles. The Morgan fingerprint density at radius 3 is 1.53 bits per heavy atom. The summed E-state index contributed by atoms with van der Waals surface area (Å²) in [5, 5.41) is 7.62. The van der Waals surface area contributed by atoms with E-state index < -0.39 is 0 Å². The maximum atomic E-state index is 6.92. The molecule has 0 bridgehead atoms. The van der Waals surface area contributed by atoms with Crippen LogP contribution >= 0.6 is 0 Å². The van der Waals surface area contributed by atoms with Crippen LogP contribution in [-0.4, -0.2) is 9.97 Å². The molecular formula is C73H44N2O4. The highest BCUT2D eigenvalue weighted by atomic mass is 16.3. The van der Waals surface area contributed by atoms with Gasteiger partial charge in [-0.1, -0.05) is 188 Å². The highest BCUT2D eigenvalue weighted by Gasteiger charge is 2.27. The zero-order chi connectivity index (χ0) is 51.7. The Balaban J connectivity index is 0.803. The molecule has 0 spiro atoms. The second kappa shape index (κ2) is 17.1. The number of hydrogen-bond donors (Lipinski definition) is 0. The lowest BCUT2D eigenvalue weighted by molar-refractivity contribution is 0.666. The number of aryl methyl sites for hydroxylation is 1. The highest BCUT2D eigenvalue weighted by Crippen LogP contribution is 2.46. The fourth-order valence-corrected chi connectivity index (χ4v) is 12.7. The molecule has 0 radical (unpaired) electrons. The number of fused-ring (bicyclic) bond motifs is 15. The first-order valence-corrected chi connectivity index (χ1v) is 27.0. The van der Waals surface area contributed by atoms with Gasteiger partial charge in [0.25, 0.3) is 0 Å². The van der Waals surface area contributed by atoms with Crippen molar-refractivity contribution >= 4 is 87.9 Å². The first-order valence-electron chi connectivity index (χ1n) is 27.0. The molecule has 1 unspecified atom stereocenters. The molecule has 6 nitrogen and oxygen atoms in total. The fourth-order valence-electron chi connectivity index (χ4n) is 12.7. The van der Waals surface area contributed by atoms with E-state index in [1.807, 2.05) is 36.4 Å². The van der Waals surface area contributed by atoms with Crippen molar-refractivity contribution in [2.45, 2.75) is 18.8 Å². The van der Waals surface area contributed by atoms with Crippen LogP contribution in [0.25, 0.3) is 155 Å². The van der Waals surface area contributed by atoms with Gasteiger partial charge in [0.1, 0.15) is 50.3 Å². The van der Waals surface area contributed by atoms with Gasteiger partial charge < -0.3 is 17.7 Å². The molecule has 16 aromatic rings. The smallest absolute Gasteiger partial charge is 0.180 e. The Morgan fingerprint density at radius 2 is 0.823 bits per heavy atom. The molecule has 1 atom stereocenters. The van der Waals surface area contributed by atoms with Crippen LogP contribution in [-0.2, 0) is 6.42 Å². The first kappa shape index (κ1) is 43.9. The van der Waals surface area contributed by atoms with Crippen LogP contribution in [0.2, 0.25) is 0 Å². The number of para-hydroxylation sites is 5. The average Bonchev–Trinajstić information content (AvgIpc) is 4.47. The van der Waals surface area contributed by atoms with Crippen LogP contribution in [0.15, 0.2) is 254 Å². The standard InChI is InChI=1S/C73H44N2O4/c1-2-12-50-42(11-1)31-35-51(54-36-32-47(39-60(50)54)48-33-37-66-61(40-48)57-15-5-6-20-63(57)76-66)49-34-38-67-62(41-49)69-72(79-67)68(45-27-23-43(24-28-45)52-16-9-18-58-55-13-3-7-21-64(55)77-70(52)58)74-73(75-69)46-29-25-44(26-30-46)53-17-10-19-59-56-14-4-8-22-65(56)78-71(53)59/h1-30,32-34,36-41,51H,31,35H2. The summed E-state index contributed by atoms with van der Waals surface area (Å²) >= 11 is 0. The minimum atomic E-state index is 0.111. The van der Waals surface area contributed by atoms with Gasteiger partial charge in [-0.3, -0.25) is 0 Å². The maximum absolute atomic E-state index is 6.92. The lowest BCUT2D eigenvalue weighted by Crippen LogP contribution is -2.02. The number of furan rings is 4. The molecule has 5 aromatic heterocycles. The van der Waals surface area contributed by atoms with Crippen LogP contribution < -0.4 is 0 Å². The van der Waals surface area contributed by atoms with Gasteiger partial charge in [-0.2, -0.15) is 0 Å². The maximum Gasteiger partial charge on any atom is 0.180 e. The summed E-state index contributed by atoms with van der Waals surface area (Å²) < 4.78 is 26.1. The van der Waals surface area contributed by atoms with E-state index in [9.17, 15) is 0 Å². The Hall–Kier alpha value is -10.3. The van der Waals surface area contributed by atoms with Crippen molar-refractivity contribution in [3.05, 3.63) is 253 Å². The van der Waals surface area contributed by atoms with Crippen LogP contribution in [0.4, 0.5) is 0 Å². The minimum Gasteiger partial charge on any atom is -0.456 e. The zero-order valence-electron chi connectivity index (χ0n) is 42.5. The minimum absolute atomic E-state index is 0.111. The fraction of sp³-hybridized carbons (Fsp3) is 0.0411. The second-order valence-electron chi connectivity index (χ2n) is 21.0. The molecule has 11 aromatic carbocycles. The lowest BCUT2D eigenvalue weighted by Gasteiger charge is -2.20. The van der Waals surface area contributed by atoms with Crippen LogP contribution in [0.1, 0.15) is 29.0 Å². The van der Waals surface area contributed by atoms with Gasteiger partial charge in [0.15, 0.2) is 11.4 Å². The molecule has 0 fully saturated rings. The van der Waals surface area contributed by atoms with Gasteiger partial charge in [-0.25, -0.2) is 9.97 Å². The van der Waals surface area contributed by atoms with Crippen molar-refractivity contribution < 1.29 is 17.7 Å². The molecule has 17 rings (SSSR count). The number of hydrogen-bond acceptors (Lipinski definition) is 6. The number of aromatic nitrogens is 2. The summed E-state index contributed by atoms with van der Waals surface area (Å²) in [6.07, 6.45) is 1.89. The van der Waals surface area contributed by atoms with E-state index in [2.05, 4.69) is 200 Å². The normalized spacial score (nSPS) is 13.6. The molecule has 5 heterocycles. The number of rotatable bonds is 6. The summed E-state index contributed by atoms with van der Waals surface area (Å²) in [5.74, 6) is 0.726. The van der Waals surface area contributed by atoms with Crippen LogP contribution in [0.3, 0.4) is 0 Å². The van der Waals surface area contributed by atoms with E-state index in [-0.39, 0.29) is 5.92 Å². The molecular weight excluding hydrogens is 969 g/mol. The van der Waals surface area contributed by atoms with E-state index >= 15 is 0 Å². The van der Waals surface area contributed by atoms with Gasteiger partial charge in [0, 0.05) is 65.9 Å². The van der Waals surface area contributed by atoms with Crippen LogP contribution in [0.5, 0.6) is 0 Å². The van der Waals surface area contributed by atoms with Gasteiger partial charge >= 0.3 is 0 Å². The van der Waals surface area contributed by atoms with E-state index in [0.29, 0.717) is 11.4 Å². The molecule has 0 amide bonds. The molecule has 79 heavy (non-hydrogen) atoms. The summed E-state index contributed by atoms with van der Waals surface area (Å²) in [4.78, 5) is 10.8. The Labute approximate surface area is 452 Å². The molecule has 370 valence electrons. The predicted molar refractivity (Wildman–Crippen MR) is 320 cm³/mol. The third-order valence-electron chi connectivity index (χ3n) is 16.6. The summed E-state index contributed by atoms with van der Waals surface area (Å²) in [5.41, 5.74) is 23.0. The second-order valence-corrected chi connectivity index (χ2v) is 21.0. The van der Waals surface area contributed by atoms with Crippen molar-refractivity contribution in [2.75, 3.05) is 0 Å². The molecule has 0 saturated heterocycles. The number of nitrogens with zero attached hydrogens (tertiary/aromatic N) is 2. The molecule has 0 saturated carbocycles. The zero-order valence-corrected chi connectivity index (χ0v) is 42.5. The predicted octanol–water partition coefficient (Wildman–Crippen LogP) is 20.2. The lowest BCUT2D eigenvalue weighted by atomic mass is 9.84. The Morgan fingerprint density at radius 1 is 0.316 bits per heavy atom. The van der Waals surface area contributed by atoms with E-state index in [1.165, 1.54) is 33.4 Å². The third-order valence-corrected chi connectivity index (χ3v) is 16.6. The monoisotopic (exact) mass is 1010 g/mol.